The summed E-state index contributed by atoms with van der Waals surface area (Å²) in [5.41, 5.74) is 12.1. The number of anilines is 1. The molecule has 188 valence electrons. The van der Waals surface area contributed by atoms with Crippen LogP contribution in [0.2, 0.25) is 0 Å². The van der Waals surface area contributed by atoms with Crippen molar-refractivity contribution in [1.82, 2.24) is 0 Å². The number of allylic oxidation sites excluding steroid dienone is 4. The van der Waals surface area contributed by atoms with E-state index in [2.05, 4.69) is 24.0 Å². The Balaban J connectivity index is 0.00000145. The lowest BCUT2D eigenvalue weighted by molar-refractivity contribution is 0.0698. The van der Waals surface area contributed by atoms with Crippen molar-refractivity contribution < 1.29 is 14.6 Å². The van der Waals surface area contributed by atoms with Gasteiger partial charge in [-0.15, -0.1) is 0 Å². The second-order valence-electron chi connectivity index (χ2n) is 7.59. The highest BCUT2D eigenvalue weighted by Gasteiger charge is 2.27. The molecule has 3 rings (SSSR count). The van der Waals surface area contributed by atoms with E-state index in [9.17, 15) is 9.90 Å². The van der Waals surface area contributed by atoms with Gasteiger partial charge in [0.05, 0.1) is 11.6 Å². The van der Waals surface area contributed by atoms with Gasteiger partial charge in [-0.1, -0.05) is 58.5 Å². The van der Waals surface area contributed by atoms with Gasteiger partial charge in [-0.3, -0.25) is 0 Å². The van der Waals surface area contributed by atoms with E-state index in [-0.39, 0.29) is 11.6 Å². The maximum atomic E-state index is 11.6. The average molecular weight is 477 g/mol. The number of fused-ring (bicyclic) bond motifs is 1. The molecule has 0 radical (unpaired) electrons. The summed E-state index contributed by atoms with van der Waals surface area (Å²) < 4.78 is 6.43. The molecule has 1 atom stereocenters. The van der Waals surface area contributed by atoms with Crippen molar-refractivity contribution in [3.05, 3.63) is 100 Å². The van der Waals surface area contributed by atoms with Gasteiger partial charge in [0.15, 0.2) is 0 Å². The van der Waals surface area contributed by atoms with Crippen LogP contribution in [0.15, 0.2) is 78.2 Å². The molecule has 0 saturated heterocycles. The standard InChI is InChI=1S/C26H28N2O3.2C2H6/c1-6-19(11-12-27)24-17(4)16(3)21-13-15(2)14-22(25(21)31-24)18(5)28-23-10-8-7-9-20(23)26(29)30;2*1-2/h6-14,18,28H,3,27H2,1-2,4-5H3,(H,29,30);2*1-2H3/b12-11?,19-6+;;. The largest absolute Gasteiger partial charge is 0.478 e. The lowest BCUT2D eigenvalue weighted by atomic mass is 9.89. The van der Waals surface area contributed by atoms with Crippen molar-refractivity contribution in [3.8, 4) is 5.75 Å². The van der Waals surface area contributed by atoms with Gasteiger partial charge in [-0.25, -0.2) is 4.79 Å². The van der Waals surface area contributed by atoms with Crippen LogP contribution in [0.25, 0.3) is 5.57 Å². The summed E-state index contributed by atoms with van der Waals surface area (Å²) in [6, 6.07) is 10.8. The first-order chi connectivity index (χ1) is 16.8. The van der Waals surface area contributed by atoms with Gasteiger partial charge in [0.25, 0.3) is 0 Å². The molecular weight excluding hydrogens is 436 g/mol. The molecule has 2 aromatic carbocycles. The quantitative estimate of drug-likeness (QED) is 0.368. The summed E-state index contributed by atoms with van der Waals surface area (Å²) in [5, 5.41) is 12.9. The van der Waals surface area contributed by atoms with Crippen LogP contribution in [-0.2, 0) is 0 Å². The van der Waals surface area contributed by atoms with Crippen molar-refractivity contribution in [2.45, 2.75) is 61.4 Å². The minimum Gasteiger partial charge on any atom is -0.478 e. The minimum absolute atomic E-state index is 0.208. The third-order valence-corrected chi connectivity index (χ3v) is 5.43. The zero-order valence-electron chi connectivity index (χ0n) is 22.3. The highest BCUT2D eigenvalue weighted by atomic mass is 16.5. The second kappa shape index (κ2) is 13.9. The summed E-state index contributed by atoms with van der Waals surface area (Å²) in [5.74, 6) is 0.456. The Morgan fingerprint density at radius 2 is 1.77 bits per heavy atom. The molecule has 0 amide bonds. The summed E-state index contributed by atoms with van der Waals surface area (Å²) >= 11 is 0. The summed E-state index contributed by atoms with van der Waals surface area (Å²) in [4.78, 5) is 11.6. The number of ether oxygens (including phenoxy) is 1. The average Bonchev–Trinajstić information content (AvgIpc) is 2.87. The van der Waals surface area contributed by atoms with E-state index < -0.39 is 5.97 Å². The molecule has 35 heavy (non-hydrogen) atoms. The number of carboxylic acids is 1. The maximum Gasteiger partial charge on any atom is 0.337 e. The van der Waals surface area contributed by atoms with Gasteiger partial charge >= 0.3 is 5.97 Å². The van der Waals surface area contributed by atoms with Crippen molar-refractivity contribution in [2.24, 2.45) is 5.73 Å². The Labute approximate surface area is 210 Å². The molecule has 1 heterocycles. The Hall–Kier alpha value is -3.73. The third kappa shape index (κ3) is 6.66. The van der Waals surface area contributed by atoms with Crippen LogP contribution in [0.5, 0.6) is 5.75 Å². The van der Waals surface area contributed by atoms with Crippen molar-refractivity contribution in [3.63, 3.8) is 0 Å². The van der Waals surface area contributed by atoms with Crippen LogP contribution >= 0.6 is 0 Å². The Morgan fingerprint density at radius 1 is 1.14 bits per heavy atom. The Morgan fingerprint density at radius 3 is 2.34 bits per heavy atom. The van der Waals surface area contributed by atoms with E-state index in [1.54, 1.807) is 24.3 Å². The van der Waals surface area contributed by atoms with Gasteiger partial charge in [0.2, 0.25) is 0 Å². The van der Waals surface area contributed by atoms with Crippen molar-refractivity contribution in [2.75, 3.05) is 5.32 Å². The number of aryl methyl sites for hydroxylation is 1. The zero-order chi connectivity index (χ0) is 26.7. The number of hydrogen-bond acceptors (Lipinski definition) is 4. The van der Waals surface area contributed by atoms with Gasteiger partial charge in [-0.05, 0) is 74.9 Å². The van der Waals surface area contributed by atoms with E-state index in [1.165, 1.54) is 6.20 Å². The fourth-order valence-electron chi connectivity index (χ4n) is 3.77. The molecule has 0 spiro atoms. The smallest absolute Gasteiger partial charge is 0.337 e. The number of hydrogen-bond donors (Lipinski definition) is 3. The van der Waals surface area contributed by atoms with Gasteiger partial charge in [-0.2, -0.15) is 0 Å². The highest BCUT2D eigenvalue weighted by Crippen LogP contribution is 2.44. The first kappa shape index (κ1) is 29.3. The van der Waals surface area contributed by atoms with Crippen LogP contribution < -0.4 is 15.8 Å². The number of benzene rings is 2. The zero-order valence-corrected chi connectivity index (χ0v) is 22.3. The van der Waals surface area contributed by atoms with Crippen molar-refractivity contribution in [1.29, 1.82) is 0 Å². The van der Waals surface area contributed by atoms with E-state index in [0.29, 0.717) is 17.2 Å². The van der Waals surface area contributed by atoms with Crippen LogP contribution in [0.4, 0.5) is 5.69 Å². The molecule has 0 fully saturated rings. The molecule has 0 bridgehead atoms. The molecule has 0 aliphatic carbocycles. The first-order valence-corrected chi connectivity index (χ1v) is 12.1. The van der Waals surface area contributed by atoms with E-state index in [4.69, 9.17) is 10.5 Å². The first-order valence-electron chi connectivity index (χ1n) is 12.1. The van der Waals surface area contributed by atoms with Crippen molar-refractivity contribution >= 4 is 17.2 Å². The van der Waals surface area contributed by atoms with E-state index in [1.807, 2.05) is 67.5 Å². The molecule has 0 saturated carbocycles. The molecular formula is C30H40N2O3. The number of carbonyl (C=O) groups is 1. The van der Waals surface area contributed by atoms with Crippen LogP contribution in [0.3, 0.4) is 0 Å². The van der Waals surface area contributed by atoms with E-state index >= 15 is 0 Å². The Bertz CT molecular complexity index is 1140. The normalized spacial score (nSPS) is 13.6. The number of nitrogens with two attached hydrogens (primary N) is 1. The van der Waals surface area contributed by atoms with Gasteiger partial charge in [0, 0.05) is 22.4 Å². The molecule has 5 heteroatoms. The molecule has 1 aliphatic rings. The molecule has 1 aliphatic heterocycles. The fraction of sp³-hybridized carbons (Fsp3) is 0.300. The minimum atomic E-state index is -0.974. The second-order valence-corrected chi connectivity index (χ2v) is 7.59. The number of para-hydroxylation sites is 1. The topological polar surface area (TPSA) is 84.6 Å². The predicted molar refractivity (Wildman–Crippen MR) is 149 cm³/mol. The Kier molecular flexibility index (Phi) is 11.6. The highest BCUT2D eigenvalue weighted by molar-refractivity contribution is 5.94. The van der Waals surface area contributed by atoms with Gasteiger partial charge in [0.1, 0.15) is 11.5 Å². The molecule has 1 unspecified atom stereocenters. The molecule has 4 N–H and O–H groups in total. The molecule has 5 nitrogen and oxygen atoms in total. The van der Waals surface area contributed by atoms with E-state index in [0.717, 1.165) is 33.4 Å². The lowest BCUT2D eigenvalue weighted by Crippen LogP contribution is -2.16. The number of rotatable bonds is 6. The number of carboxylic acid groups (broad SMARTS) is 1. The van der Waals surface area contributed by atoms with Crippen LogP contribution in [0.1, 0.15) is 81.6 Å². The van der Waals surface area contributed by atoms with Gasteiger partial charge < -0.3 is 20.9 Å². The van der Waals surface area contributed by atoms with Crippen LogP contribution in [0, 0.1) is 6.92 Å². The fourth-order valence-corrected chi connectivity index (χ4v) is 3.77. The van der Waals surface area contributed by atoms with Crippen LogP contribution in [-0.4, -0.2) is 11.1 Å². The predicted octanol–water partition coefficient (Wildman–Crippen LogP) is 8.02. The third-order valence-electron chi connectivity index (χ3n) is 5.43. The number of aromatic carboxylic acids is 1. The number of nitrogens with one attached hydrogen (secondary N) is 1. The maximum absolute atomic E-state index is 11.6. The molecule has 2 aromatic rings. The monoisotopic (exact) mass is 476 g/mol. The lowest BCUT2D eigenvalue weighted by Gasteiger charge is -2.29. The summed E-state index contributed by atoms with van der Waals surface area (Å²) in [6.07, 6.45) is 5.23. The SMILES string of the molecule is C=C1C(C)=C(/C(C=CN)=C/C)Oc2c1cc(C)cc2C(C)Nc1ccccc1C(=O)O.CC.CC. The summed E-state index contributed by atoms with van der Waals surface area (Å²) in [6.45, 7) is 20.2. The summed E-state index contributed by atoms with van der Waals surface area (Å²) in [7, 11) is 0. The molecule has 0 aromatic heterocycles.